The zero-order valence-electron chi connectivity index (χ0n) is 15.5. The van der Waals surface area contributed by atoms with Crippen molar-refractivity contribution in [1.29, 1.82) is 0 Å². The average molecular weight is 386 g/mol. The van der Waals surface area contributed by atoms with Crippen LogP contribution in [0, 0.1) is 13.8 Å². The maximum Gasteiger partial charge on any atom is 0.263 e. The number of ether oxygens (including phenoxy) is 1. The Morgan fingerprint density at radius 1 is 1.07 bits per heavy atom. The van der Waals surface area contributed by atoms with Crippen LogP contribution in [0.5, 0.6) is 0 Å². The summed E-state index contributed by atoms with van der Waals surface area (Å²) in [6, 6.07) is 14.8. The highest BCUT2D eigenvalue weighted by Gasteiger charge is 2.24. The van der Waals surface area contributed by atoms with E-state index < -0.39 is 10.0 Å². The number of anilines is 1. The smallest absolute Gasteiger partial charge is 0.263 e. The minimum absolute atomic E-state index is 0.164. The summed E-state index contributed by atoms with van der Waals surface area (Å²) in [4.78, 5) is 0.164. The number of aromatic nitrogens is 1. The largest absolute Gasteiger partial charge is 0.377 e. The summed E-state index contributed by atoms with van der Waals surface area (Å²) in [5.41, 5.74) is 3.01. The summed E-state index contributed by atoms with van der Waals surface area (Å²) in [6.45, 7) is 6.03. The van der Waals surface area contributed by atoms with Crippen molar-refractivity contribution in [1.82, 2.24) is 5.16 Å². The normalized spacial score (nSPS) is 11.5. The van der Waals surface area contributed by atoms with E-state index in [1.807, 2.05) is 43.3 Å². The maximum atomic E-state index is 13.1. The highest BCUT2D eigenvalue weighted by atomic mass is 32.2. The van der Waals surface area contributed by atoms with Gasteiger partial charge in [0.05, 0.1) is 11.5 Å². The molecular formula is C20H22N2O4S. The van der Waals surface area contributed by atoms with Crippen molar-refractivity contribution >= 4 is 15.8 Å². The first-order valence-electron chi connectivity index (χ1n) is 8.64. The fraction of sp³-hybridized carbons (Fsp3) is 0.250. The Balaban J connectivity index is 2.09. The van der Waals surface area contributed by atoms with Crippen molar-refractivity contribution in [2.45, 2.75) is 32.3 Å². The summed E-state index contributed by atoms with van der Waals surface area (Å²) < 4.78 is 39.3. The third kappa shape index (κ3) is 4.04. The predicted octanol–water partition coefficient (Wildman–Crippen LogP) is 4.30. The van der Waals surface area contributed by atoms with Gasteiger partial charge >= 0.3 is 0 Å². The highest BCUT2D eigenvalue weighted by molar-refractivity contribution is 7.92. The van der Waals surface area contributed by atoms with Crippen LogP contribution in [0.3, 0.4) is 0 Å². The molecule has 0 saturated carbocycles. The number of rotatable bonds is 7. The van der Waals surface area contributed by atoms with E-state index in [0.717, 1.165) is 11.1 Å². The molecule has 27 heavy (non-hydrogen) atoms. The van der Waals surface area contributed by atoms with E-state index in [9.17, 15) is 8.42 Å². The zero-order chi connectivity index (χ0) is 19.4. The standard InChI is InChI=1S/C20H22N2O4S/c1-4-25-13-18-17(16-9-6-5-7-10-16)11-8-12-19(18)27(23,24)22-20-14(2)15(3)26-21-20/h5-12H,4,13H2,1-3H3,(H,21,22). The van der Waals surface area contributed by atoms with E-state index in [-0.39, 0.29) is 17.3 Å². The molecule has 0 spiro atoms. The van der Waals surface area contributed by atoms with Crippen molar-refractivity contribution in [2.24, 2.45) is 0 Å². The first-order chi connectivity index (χ1) is 12.9. The zero-order valence-corrected chi connectivity index (χ0v) is 16.3. The Hall–Kier alpha value is -2.64. The molecule has 3 aromatic rings. The van der Waals surface area contributed by atoms with Gasteiger partial charge in [-0.2, -0.15) is 0 Å². The fourth-order valence-corrected chi connectivity index (χ4v) is 4.06. The van der Waals surface area contributed by atoms with Crippen molar-refractivity contribution in [2.75, 3.05) is 11.3 Å². The lowest BCUT2D eigenvalue weighted by Crippen LogP contribution is -2.17. The van der Waals surface area contributed by atoms with Gasteiger partial charge in [0, 0.05) is 17.7 Å². The number of benzene rings is 2. The van der Waals surface area contributed by atoms with Gasteiger partial charge in [0.1, 0.15) is 5.76 Å². The first-order valence-corrected chi connectivity index (χ1v) is 10.1. The molecule has 0 fully saturated rings. The average Bonchev–Trinajstić information content (AvgIpc) is 2.98. The van der Waals surface area contributed by atoms with Gasteiger partial charge in [0.15, 0.2) is 5.82 Å². The molecule has 0 unspecified atom stereocenters. The second-order valence-corrected chi connectivity index (χ2v) is 7.75. The Labute approximate surface area is 159 Å². The van der Waals surface area contributed by atoms with Crippen molar-refractivity contribution in [3.63, 3.8) is 0 Å². The second kappa shape index (κ2) is 7.94. The lowest BCUT2D eigenvalue weighted by Gasteiger charge is -2.16. The van der Waals surface area contributed by atoms with Crippen LogP contribution in [0.2, 0.25) is 0 Å². The maximum absolute atomic E-state index is 13.1. The molecule has 6 nitrogen and oxygen atoms in total. The number of nitrogens with one attached hydrogen (secondary N) is 1. The van der Waals surface area contributed by atoms with E-state index in [1.165, 1.54) is 0 Å². The van der Waals surface area contributed by atoms with Crippen molar-refractivity contribution in [3.8, 4) is 11.1 Å². The van der Waals surface area contributed by atoms with E-state index in [0.29, 0.717) is 23.5 Å². The molecule has 0 radical (unpaired) electrons. The van der Waals surface area contributed by atoms with Crippen molar-refractivity contribution < 1.29 is 17.7 Å². The monoisotopic (exact) mass is 386 g/mol. The van der Waals surface area contributed by atoms with Crippen LogP contribution in [-0.2, 0) is 21.4 Å². The van der Waals surface area contributed by atoms with Crippen LogP contribution in [0.1, 0.15) is 23.8 Å². The first kappa shape index (κ1) is 19.1. The number of sulfonamides is 1. The molecule has 1 heterocycles. The Morgan fingerprint density at radius 2 is 1.81 bits per heavy atom. The van der Waals surface area contributed by atoms with E-state index in [4.69, 9.17) is 9.26 Å². The predicted molar refractivity (Wildman–Crippen MR) is 104 cm³/mol. The minimum atomic E-state index is -3.87. The van der Waals surface area contributed by atoms with Crippen LogP contribution < -0.4 is 4.72 Å². The second-order valence-electron chi connectivity index (χ2n) is 6.10. The molecule has 1 aromatic heterocycles. The lowest BCUT2D eigenvalue weighted by molar-refractivity contribution is 0.132. The van der Waals surface area contributed by atoms with E-state index in [2.05, 4.69) is 9.88 Å². The Kier molecular flexibility index (Phi) is 5.62. The van der Waals surface area contributed by atoms with Crippen LogP contribution in [0.4, 0.5) is 5.82 Å². The molecular weight excluding hydrogens is 364 g/mol. The van der Waals surface area contributed by atoms with Gasteiger partial charge in [-0.15, -0.1) is 0 Å². The van der Waals surface area contributed by atoms with Crippen LogP contribution in [0.25, 0.3) is 11.1 Å². The minimum Gasteiger partial charge on any atom is -0.377 e. The molecule has 0 aliphatic rings. The van der Waals surface area contributed by atoms with Crippen LogP contribution >= 0.6 is 0 Å². The van der Waals surface area contributed by atoms with E-state index in [1.54, 1.807) is 26.0 Å². The number of nitrogens with zero attached hydrogens (tertiary/aromatic N) is 1. The summed E-state index contributed by atoms with van der Waals surface area (Å²) in [5, 5.41) is 3.80. The molecule has 0 aliphatic heterocycles. The highest BCUT2D eigenvalue weighted by Crippen LogP contribution is 2.31. The third-order valence-electron chi connectivity index (χ3n) is 4.35. The summed E-state index contributed by atoms with van der Waals surface area (Å²) in [5.74, 6) is 0.764. The summed E-state index contributed by atoms with van der Waals surface area (Å²) in [7, 11) is -3.87. The number of hydrogen-bond acceptors (Lipinski definition) is 5. The fourth-order valence-electron chi connectivity index (χ4n) is 2.75. The molecule has 1 N–H and O–H groups in total. The molecule has 0 atom stereocenters. The van der Waals surface area contributed by atoms with Gasteiger partial charge in [0.2, 0.25) is 0 Å². The van der Waals surface area contributed by atoms with Gasteiger partial charge in [-0.3, -0.25) is 4.72 Å². The van der Waals surface area contributed by atoms with Gasteiger partial charge in [-0.05, 0) is 38.0 Å². The van der Waals surface area contributed by atoms with Crippen LogP contribution in [0.15, 0.2) is 57.9 Å². The molecule has 7 heteroatoms. The molecule has 2 aromatic carbocycles. The molecule has 0 saturated heterocycles. The molecule has 0 bridgehead atoms. The topological polar surface area (TPSA) is 81.4 Å². The van der Waals surface area contributed by atoms with Gasteiger partial charge in [-0.1, -0.05) is 47.6 Å². The molecule has 0 aliphatic carbocycles. The summed E-state index contributed by atoms with van der Waals surface area (Å²) in [6.07, 6.45) is 0. The molecule has 0 amide bonds. The quantitative estimate of drug-likeness (QED) is 0.655. The Morgan fingerprint density at radius 3 is 2.44 bits per heavy atom. The van der Waals surface area contributed by atoms with E-state index >= 15 is 0 Å². The number of aryl methyl sites for hydroxylation is 1. The van der Waals surface area contributed by atoms with Crippen molar-refractivity contribution in [3.05, 3.63) is 65.4 Å². The van der Waals surface area contributed by atoms with Gasteiger partial charge < -0.3 is 9.26 Å². The summed E-state index contributed by atoms with van der Waals surface area (Å²) >= 11 is 0. The number of hydrogen-bond donors (Lipinski definition) is 1. The van der Waals surface area contributed by atoms with Crippen LogP contribution in [-0.4, -0.2) is 20.2 Å². The SMILES string of the molecule is CCOCc1c(-c2ccccc2)cccc1S(=O)(=O)Nc1noc(C)c1C. The van der Waals surface area contributed by atoms with Gasteiger partial charge in [0.25, 0.3) is 10.0 Å². The third-order valence-corrected chi connectivity index (χ3v) is 5.77. The Bertz CT molecular complexity index is 1030. The molecule has 142 valence electrons. The lowest BCUT2D eigenvalue weighted by atomic mass is 10.0. The van der Waals surface area contributed by atoms with Gasteiger partial charge in [-0.25, -0.2) is 8.42 Å². The molecule has 3 rings (SSSR count).